The number of carboxylic acids is 1. The molecule has 2 saturated heterocycles. The maximum Gasteiger partial charge on any atom is 0.328 e. The van der Waals surface area contributed by atoms with Crippen LogP contribution < -0.4 is 15.8 Å². The van der Waals surface area contributed by atoms with Gasteiger partial charge in [0.15, 0.2) is 0 Å². The van der Waals surface area contributed by atoms with Crippen LogP contribution in [-0.4, -0.2) is 75.0 Å². The van der Waals surface area contributed by atoms with Crippen LogP contribution in [0.5, 0.6) is 0 Å². The van der Waals surface area contributed by atoms with E-state index in [1.165, 1.54) is 10.5 Å². The Morgan fingerprint density at radius 1 is 1.21 bits per heavy atom. The molecule has 10 nitrogen and oxygen atoms in total. The SMILES string of the molecule is CC(C)c1csc(CCc2ccn3c(=O)c(C=CC(=O)O)c(N4CCN(C(=O)[C@@H]5CCCN5)CC4)nc3c2)n1. The molecule has 2 aliphatic rings. The molecule has 206 valence electrons. The molecule has 39 heavy (non-hydrogen) atoms. The summed E-state index contributed by atoms with van der Waals surface area (Å²) in [4.78, 5) is 51.0. The standard InChI is InChI=1S/C28H34N6O4S/c1-18(2)22-17-39-24(30-22)7-5-19-9-11-34-23(16-19)31-26(20(27(34)37)6-8-25(35)36)32-12-14-33(15-13-32)28(38)21-4-3-10-29-21/h6,8-9,11,16-18,21,29H,3-5,7,10,12-15H2,1-2H3,(H,35,36)/t21-/m0/s1. The molecule has 0 aliphatic carbocycles. The van der Waals surface area contributed by atoms with E-state index in [9.17, 15) is 19.5 Å². The number of rotatable bonds is 8. The first-order valence-electron chi connectivity index (χ1n) is 13.5. The number of aromatic nitrogens is 3. The number of aryl methyl sites for hydroxylation is 2. The number of thiazole rings is 1. The van der Waals surface area contributed by atoms with Crippen LogP contribution >= 0.6 is 11.3 Å². The van der Waals surface area contributed by atoms with Crippen LogP contribution in [0.1, 0.15) is 54.4 Å². The van der Waals surface area contributed by atoms with Crippen molar-refractivity contribution in [3.8, 4) is 0 Å². The molecule has 11 heteroatoms. The summed E-state index contributed by atoms with van der Waals surface area (Å²) in [7, 11) is 0. The quantitative estimate of drug-likeness (QED) is 0.411. The van der Waals surface area contributed by atoms with E-state index in [1.54, 1.807) is 17.5 Å². The highest BCUT2D eigenvalue weighted by Gasteiger charge is 2.30. The Balaban J connectivity index is 1.40. The van der Waals surface area contributed by atoms with Crippen molar-refractivity contribution >= 4 is 40.8 Å². The molecule has 1 amide bonds. The van der Waals surface area contributed by atoms with Crippen molar-refractivity contribution in [3.05, 3.63) is 62.0 Å². The Labute approximate surface area is 231 Å². The van der Waals surface area contributed by atoms with Crippen LogP contribution in [0.25, 0.3) is 11.7 Å². The van der Waals surface area contributed by atoms with Gasteiger partial charge in [0.25, 0.3) is 5.56 Å². The van der Waals surface area contributed by atoms with Gasteiger partial charge in [-0.3, -0.25) is 14.0 Å². The Hall–Kier alpha value is -3.57. The topological polar surface area (TPSA) is 120 Å². The van der Waals surface area contributed by atoms with Crippen molar-refractivity contribution in [3.63, 3.8) is 0 Å². The highest BCUT2D eigenvalue weighted by molar-refractivity contribution is 7.09. The van der Waals surface area contributed by atoms with Crippen molar-refractivity contribution < 1.29 is 14.7 Å². The largest absolute Gasteiger partial charge is 0.478 e. The molecule has 2 fully saturated rings. The first-order chi connectivity index (χ1) is 18.8. The van der Waals surface area contributed by atoms with Gasteiger partial charge in [-0.05, 0) is 55.5 Å². The van der Waals surface area contributed by atoms with Gasteiger partial charge in [-0.2, -0.15) is 0 Å². The van der Waals surface area contributed by atoms with E-state index in [0.717, 1.165) is 54.6 Å². The van der Waals surface area contributed by atoms with Crippen LogP contribution in [0.15, 0.2) is 34.6 Å². The minimum Gasteiger partial charge on any atom is -0.478 e. The summed E-state index contributed by atoms with van der Waals surface area (Å²) in [6.07, 6.45) is 7.42. The molecular weight excluding hydrogens is 516 g/mol. The zero-order valence-electron chi connectivity index (χ0n) is 22.3. The van der Waals surface area contributed by atoms with Crippen molar-refractivity contribution in [1.29, 1.82) is 0 Å². The van der Waals surface area contributed by atoms with Crippen LogP contribution in [0.3, 0.4) is 0 Å². The minimum absolute atomic E-state index is 0.117. The fraction of sp³-hybridized carbons (Fsp3) is 0.464. The minimum atomic E-state index is -1.14. The van der Waals surface area contributed by atoms with E-state index >= 15 is 0 Å². The van der Waals surface area contributed by atoms with Crippen molar-refractivity contribution in [1.82, 2.24) is 24.6 Å². The number of anilines is 1. The second-order valence-corrected chi connectivity index (χ2v) is 11.3. The number of piperazine rings is 1. The van der Waals surface area contributed by atoms with Crippen LogP contribution in [0, 0.1) is 0 Å². The number of nitrogens with zero attached hydrogens (tertiary/aromatic N) is 5. The average Bonchev–Trinajstić information content (AvgIpc) is 3.64. The van der Waals surface area contributed by atoms with Crippen molar-refractivity contribution in [2.45, 2.75) is 51.5 Å². The summed E-state index contributed by atoms with van der Waals surface area (Å²) in [5.41, 5.74) is 2.56. The van der Waals surface area contributed by atoms with E-state index in [4.69, 9.17) is 9.97 Å². The summed E-state index contributed by atoms with van der Waals surface area (Å²) in [6.45, 7) is 7.19. The number of hydrogen-bond acceptors (Lipinski definition) is 8. The van der Waals surface area contributed by atoms with Gasteiger partial charge in [0, 0.05) is 50.3 Å². The highest BCUT2D eigenvalue weighted by Crippen LogP contribution is 2.22. The van der Waals surface area contributed by atoms with E-state index in [-0.39, 0.29) is 23.1 Å². The van der Waals surface area contributed by atoms with Crippen LogP contribution in [-0.2, 0) is 22.4 Å². The molecule has 3 aromatic rings. The number of carbonyl (C=O) groups is 2. The fourth-order valence-corrected chi connectivity index (χ4v) is 6.05. The van der Waals surface area contributed by atoms with Crippen molar-refractivity contribution in [2.75, 3.05) is 37.6 Å². The van der Waals surface area contributed by atoms with E-state index in [1.807, 2.05) is 21.9 Å². The molecular formula is C28H34N6O4S. The predicted octanol–water partition coefficient (Wildman–Crippen LogP) is 2.56. The van der Waals surface area contributed by atoms with Gasteiger partial charge < -0.3 is 20.2 Å². The second-order valence-electron chi connectivity index (χ2n) is 10.4. The molecule has 0 spiro atoms. The Kier molecular flexibility index (Phi) is 8.08. The molecule has 1 atom stereocenters. The van der Waals surface area contributed by atoms with Gasteiger partial charge >= 0.3 is 5.97 Å². The summed E-state index contributed by atoms with van der Waals surface area (Å²) in [5, 5.41) is 15.7. The average molecular weight is 551 g/mol. The van der Waals surface area contributed by atoms with Crippen LogP contribution in [0.4, 0.5) is 5.82 Å². The monoisotopic (exact) mass is 550 g/mol. The van der Waals surface area contributed by atoms with Gasteiger partial charge in [-0.15, -0.1) is 11.3 Å². The normalized spacial score (nSPS) is 18.1. The molecule has 2 N–H and O–H groups in total. The number of pyridine rings is 1. The number of nitrogens with one attached hydrogen (secondary N) is 1. The fourth-order valence-electron chi connectivity index (χ4n) is 5.09. The lowest BCUT2D eigenvalue weighted by atomic mass is 10.1. The summed E-state index contributed by atoms with van der Waals surface area (Å²) in [6, 6.07) is 3.70. The van der Waals surface area contributed by atoms with Crippen molar-refractivity contribution in [2.24, 2.45) is 0 Å². The second kappa shape index (κ2) is 11.7. The summed E-state index contributed by atoms with van der Waals surface area (Å²) in [5.74, 6) is -0.172. The molecule has 5 rings (SSSR count). The van der Waals surface area contributed by atoms with Gasteiger partial charge in [-0.1, -0.05) is 13.8 Å². The molecule has 0 radical (unpaired) electrons. The van der Waals surface area contributed by atoms with Gasteiger partial charge in [0.1, 0.15) is 11.5 Å². The molecule has 2 aliphatic heterocycles. The number of fused-ring (bicyclic) bond motifs is 1. The third-order valence-corrected chi connectivity index (χ3v) is 8.27. The molecule has 0 bridgehead atoms. The Morgan fingerprint density at radius 2 is 2.00 bits per heavy atom. The molecule has 0 aromatic carbocycles. The summed E-state index contributed by atoms with van der Waals surface area (Å²) < 4.78 is 1.46. The number of amides is 1. The van der Waals surface area contributed by atoms with E-state index in [0.29, 0.717) is 43.6 Å². The summed E-state index contributed by atoms with van der Waals surface area (Å²) >= 11 is 1.67. The maximum absolute atomic E-state index is 13.5. The first kappa shape index (κ1) is 27.0. The lowest BCUT2D eigenvalue weighted by Gasteiger charge is -2.37. The van der Waals surface area contributed by atoms with E-state index < -0.39 is 5.97 Å². The highest BCUT2D eigenvalue weighted by atomic mass is 32.1. The number of carbonyl (C=O) groups excluding carboxylic acids is 1. The van der Waals surface area contributed by atoms with E-state index in [2.05, 4.69) is 24.5 Å². The number of aliphatic carboxylic acids is 1. The molecule has 5 heterocycles. The smallest absolute Gasteiger partial charge is 0.328 e. The number of carboxylic acid groups (broad SMARTS) is 1. The first-order valence-corrected chi connectivity index (χ1v) is 14.4. The van der Waals surface area contributed by atoms with Gasteiger partial charge in [0.05, 0.1) is 22.3 Å². The third-order valence-electron chi connectivity index (χ3n) is 7.34. The predicted molar refractivity (Wildman–Crippen MR) is 152 cm³/mol. The molecule has 0 saturated carbocycles. The number of hydrogen-bond donors (Lipinski definition) is 2. The maximum atomic E-state index is 13.5. The molecule has 3 aromatic heterocycles. The van der Waals surface area contributed by atoms with Gasteiger partial charge in [0.2, 0.25) is 5.91 Å². The van der Waals surface area contributed by atoms with Crippen LogP contribution in [0.2, 0.25) is 0 Å². The zero-order chi connectivity index (χ0) is 27.5. The Morgan fingerprint density at radius 3 is 2.67 bits per heavy atom. The van der Waals surface area contributed by atoms with Gasteiger partial charge in [-0.25, -0.2) is 14.8 Å². The molecule has 0 unspecified atom stereocenters. The zero-order valence-corrected chi connectivity index (χ0v) is 23.1. The third kappa shape index (κ3) is 6.04. The lowest BCUT2D eigenvalue weighted by Crippen LogP contribution is -2.53. The lowest BCUT2D eigenvalue weighted by molar-refractivity contribution is -0.133. The Bertz CT molecular complexity index is 1450.